The summed E-state index contributed by atoms with van der Waals surface area (Å²) in [6.45, 7) is 0. The van der Waals surface area contributed by atoms with Gasteiger partial charge in [0.05, 0.1) is 11.4 Å². The predicted octanol–water partition coefficient (Wildman–Crippen LogP) is 1.24. The van der Waals surface area contributed by atoms with Crippen LogP contribution in [0.25, 0.3) is 0 Å². The Labute approximate surface area is 111 Å². The van der Waals surface area contributed by atoms with Crippen molar-refractivity contribution in [1.29, 1.82) is 0 Å². The summed E-state index contributed by atoms with van der Waals surface area (Å²) in [5.41, 5.74) is 1.31. The van der Waals surface area contributed by atoms with Crippen LogP contribution < -0.4 is 4.31 Å². The van der Waals surface area contributed by atoms with E-state index in [0.717, 1.165) is 22.7 Å². The summed E-state index contributed by atoms with van der Waals surface area (Å²) < 4.78 is 26.0. The van der Waals surface area contributed by atoms with Crippen molar-refractivity contribution < 1.29 is 18.3 Å². The molecule has 0 spiro atoms. The van der Waals surface area contributed by atoms with E-state index in [9.17, 15) is 18.3 Å². The van der Waals surface area contributed by atoms with E-state index in [1.54, 1.807) is 24.3 Å². The Bertz CT molecular complexity index is 621. The van der Waals surface area contributed by atoms with Crippen LogP contribution in [0.3, 0.4) is 0 Å². The van der Waals surface area contributed by atoms with E-state index in [0.29, 0.717) is 5.69 Å². The minimum atomic E-state index is -3.55. The van der Waals surface area contributed by atoms with Gasteiger partial charge in [-0.25, -0.2) is 13.2 Å². The van der Waals surface area contributed by atoms with Crippen LogP contribution in [-0.2, 0) is 21.2 Å². The Hall–Kier alpha value is -1.56. The smallest absolute Gasteiger partial charge is 0.327 e. The molecule has 1 heterocycles. The van der Waals surface area contributed by atoms with Gasteiger partial charge in [-0.1, -0.05) is 18.2 Å². The van der Waals surface area contributed by atoms with Gasteiger partial charge in [-0.05, 0) is 30.4 Å². The second-order valence-corrected chi connectivity index (χ2v) is 7.10. The number of hydrogen-bond acceptors (Lipinski definition) is 3. The maximum absolute atomic E-state index is 12.4. The summed E-state index contributed by atoms with van der Waals surface area (Å²) in [5, 5.41) is 9.26. The van der Waals surface area contributed by atoms with Gasteiger partial charge in [0.1, 0.15) is 6.04 Å². The van der Waals surface area contributed by atoms with Crippen molar-refractivity contribution in [2.24, 2.45) is 5.92 Å². The van der Waals surface area contributed by atoms with Gasteiger partial charge >= 0.3 is 5.97 Å². The number of sulfonamides is 1. The van der Waals surface area contributed by atoms with Crippen LogP contribution in [0.5, 0.6) is 0 Å². The number of carboxylic acids is 1. The Balaban J connectivity index is 2.02. The molecule has 102 valence electrons. The van der Waals surface area contributed by atoms with E-state index in [2.05, 4.69) is 0 Å². The normalized spacial score (nSPS) is 22.3. The molecule has 1 aromatic rings. The number of carboxylic acid groups (broad SMARTS) is 1. The number of benzene rings is 1. The molecule has 0 aromatic heterocycles. The van der Waals surface area contributed by atoms with Crippen molar-refractivity contribution in [3.63, 3.8) is 0 Å². The van der Waals surface area contributed by atoms with Crippen molar-refractivity contribution in [2.75, 3.05) is 10.1 Å². The zero-order chi connectivity index (χ0) is 13.6. The molecule has 0 saturated heterocycles. The van der Waals surface area contributed by atoms with Gasteiger partial charge in [-0.3, -0.25) is 4.31 Å². The summed E-state index contributed by atoms with van der Waals surface area (Å²) in [4.78, 5) is 11.3. The van der Waals surface area contributed by atoms with Gasteiger partial charge in [-0.2, -0.15) is 0 Å². The van der Waals surface area contributed by atoms with Crippen LogP contribution in [-0.4, -0.2) is 31.3 Å². The number of carbonyl (C=O) groups is 1. The van der Waals surface area contributed by atoms with Gasteiger partial charge in [0.2, 0.25) is 10.0 Å². The zero-order valence-electron chi connectivity index (χ0n) is 10.3. The van der Waals surface area contributed by atoms with E-state index in [4.69, 9.17) is 0 Å². The number of anilines is 1. The van der Waals surface area contributed by atoms with Crippen LogP contribution in [0.2, 0.25) is 0 Å². The van der Waals surface area contributed by atoms with Crippen LogP contribution in [0, 0.1) is 5.92 Å². The topological polar surface area (TPSA) is 74.7 Å². The Morgan fingerprint density at radius 3 is 2.63 bits per heavy atom. The first-order valence-electron chi connectivity index (χ1n) is 6.32. The number of hydrogen-bond donors (Lipinski definition) is 1. The average molecular weight is 281 g/mol. The summed E-state index contributed by atoms with van der Waals surface area (Å²) in [7, 11) is -3.55. The van der Waals surface area contributed by atoms with Gasteiger partial charge in [0.15, 0.2) is 0 Å². The molecular weight excluding hydrogens is 266 g/mol. The molecule has 2 aliphatic rings. The lowest BCUT2D eigenvalue weighted by molar-refractivity contribution is -0.138. The highest BCUT2D eigenvalue weighted by Crippen LogP contribution is 2.38. The Morgan fingerprint density at radius 1 is 1.32 bits per heavy atom. The molecule has 1 fully saturated rings. The minimum Gasteiger partial charge on any atom is -0.480 e. The van der Waals surface area contributed by atoms with Gasteiger partial charge < -0.3 is 5.11 Å². The van der Waals surface area contributed by atoms with E-state index in [1.165, 1.54) is 0 Å². The fourth-order valence-electron chi connectivity index (χ4n) is 2.55. The molecule has 19 heavy (non-hydrogen) atoms. The van der Waals surface area contributed by atoms with Crippen molar-refractivity contribution in [2.45, 2.75) is 25.3 Å². The third-order valence-electron chi connectivity index (χ3n) is 3.65. The molecule has 5 nitrogen and oxygen atoms in total. The number of aliphatic carboxylic acids is 1. The largest absolute Gasteiger partial charge is 0.480 e. The molecule has 0 radical (unpaired) electrons. The highest BCUT2D eigenvalue weighted by atomic mass is 32.2. The van der Waals surface area contributed by atoms with Gasteiger partial charge in [0, 0.05) is 6.42 Å². The maximum atomic E-state index is 12.4. The van der Waals surface area contributed by atoms with E-state index in [-0.39, 0.29) is 18.1 Å². The molecule has 1 saturated carbocycles. The van der Waals surface area contributed by atoms with Crippen LogP contribution >= 0.6 is 0 Å². The third kappa shape index (κ3) is 2.20. The standard InChI is InChI=1S/C13H15NO4S/c15-13(16)12-7-10-3-1-2-4-11(10)14(12)19(17,18)8-9-5-6-9/h1-4,9,12H,5-8H2,(H,15,16)/t12-/m0/s1. The van der Waals surface area contributed by atoms with E-state index in [1.807, 2.05) is 0 Å². The lowest BCUT2D eigenvalue weighted by Gasteiger charge is -2.24. The molecule has 0 amide bonds. The summed E-state index contributed by atoms with van der Waals surface area (Å²) in [6.07, 6.45) is 2.09. The molecule has 1 aromatic carbocycles. The lowest BCUT2D eigenvalue weighted by atomic mass is 10.1. The number of nitrogens with zero attached hydrogens (tertiary/aromatic N) is 1. The van der Waals surface area contributed by atoms with E-state index < -0.39 is 22.0 Å². The maximum Gasteiger partial charge on any atom is 0.327 e. The second kappa shape index (κ2) is 4.23. The number of para-hydroxylation sites is 1. The second-order valence-electron chi connectivity index (χ2n) is 5.20. The third-order valence-corrected chi connectivity index (χ3v) is 5.60. The molecule has 1 aliphatic carbocycles. The molecule has 1 aliphatic heterocycles. The summed E-state index contributed by atoms with van der Waals surface area (Å²) in [6, 6.07) is 6.01. The van der Waals surface area contributed by atoms with Crippen LogP contribution in [0.15, 0.2) is 24.3 Å². The van der Waals surface area contributed by atoms with Crippen LogP contribution in [0.4, 0.5) is 5.69 Å². The first-order valence-corrected chi connectivity index (χ1v) is 7.93. The van der Waals surface area contributed by atoms with Crippen molar-refractivity contribution in [3.05, 3.63) is 29.8 Å². The molecular formula is C13H15NO4S. The first kappa shape index (κ1) is 12.5. The summed E-state index contributed by atoms with van der Waals surface area (Å²) in [5.74, 6) is -0.826. The minimum absolute atomic E-state index is 0.0606. The van der Waals surface area contributed by atoms with Crippen molar-refractivity contribution in [1.82, 2.24) is 0 Å². The van der Waals surface area contributed by atoms with Crippen molar-refractivity contribution in [3.8, 4) is 0 Å². The first-order chi connectivity index (χ1) is 8.99. The van der Waals surface area contributed by atoms with Gasteiger partial charge in [-0.15, -0.1) is 0 Å². The van der Waals surface area contributed by atoms with Crippen LogP contribution in [0.1, 0.15) is 18.4 Å². The SMILES string of the molecule is O=C(O)[C@@H]1Cc2ccccc2N1S(=O)(=O)CC1CC1. The Morgan fingerprint density at radius 2 is 2.00 bits per heavy atom. The highest BCUT2D eigenvalue weighted by Gasteiger charge is 2.43. The zero-order valence-corrected chi connectivity index (χ0v) is 11.1. The number of rotatable bonds is 4. The monoisotopic (exact) mass is 281 g/mol. The fourth-order valence-corrected chi connectivity index (χ4v) is 4.67. The highest BCUT2D eigenvalue weighted by molar-refractivity contribution is 7.92. The fraction of sp³-hybridized carbons (Fsp3) is 0.462. The van der Waals surface area contributed by atoms with Gasteiger partial charge in [0.25, 0.3) is 0 Å². The quantitative estimate of drug-likeness (QED) is 0.901. The molecule has 1 N–H and O–H groups in total. The average Bonchev–Trinajstić information content (AvgIpc) is 3.04. The molecule has 0 bridgehead atoms. The molecule has 0 unspecified atom stereocenters. The van der Waals surface area contributed by atoms with Crippen molar-refractivity contribution >= 4 is 21.7 Å². The predicted molar refractivity (Wildman–Crippen MR) is 70.6 cm³/mol. The Kier molecular flexibility index (Phi) is 2.78. The summed E-state index contributed by atoms with van der Waals surface area (Å²) >= 11 is 0. The lowest BCUT2D eigenvalue weighted by Crippen LogP contribution is -2.44. The van der Waals surface area contributed by atoms with E-state index >= 15 is 0 Å². The molecule has 1 atom stereocenters. The molecule has 3 rings (SSSR count). The molecule has 6 heteroatoms. The number of fused-ring (bicyclic) bond motifs is 1.